The van der Waals surface area contributed by atoms with Crippen LogP contribution in [0, 0.1) is 6.92 Å². The first-order chi connectivity index (χ1) is 9.72. The Hall–Kier alpha value is -1.73. The van der Waals surface area contributed by atoms with E-state index in [1.54, 1.807) is 17.5 Å². The molecule has 1 amide bonds. The van der Waals surface area contributed by atoms with Crippen LogP contribution in [0.2, 0.25) is 0 Å². The van der Waals surface area contributed by atoms with Crippen LogP contribution in [0.5, 0.6) is 0 Å². The molecule has 0 saturated carbocycles. The van der Waals surface area contributed by atoms with Crippen LogP contribution in [0.15, 0.2) is 23.2 Å². The van der Waals surface area contributed by atoms with Gasteiger partial charge in [-0.1, -0.05) is 0 Å². The fourth-order valence-electron chi connectivity index (χ4n) is 1.89. The number of nitrogens with zero attached hydrogens (tertiary/aromatic N) is 3. The van der Waals surface area contributed by atoms with Gasteiger partial charge in [0.15, 0.2) is 4.96 Å². The molecule has 20 heavy (non-hydrogen) atoms. The second-order valence-electron chi connectivity index (χ2n) is 4.46. The summed E-state index contributed by atoms with van der Waals surface area (Å²) in [5.41, 5.74) is 1.54. The highest BCUT2D eigenvalue weighted by Gasteiger charge is 2.10. The molecule has 3 heterocycles. The summed E-state index contributed by atoms with van der Waals surface area (Å²) in [6.45, 7) is 2.63. The Morgan fingerprint density at radius 2 is 2.30 bits per heavy atom. The highest BCUT2D eigenvalue weighted by molar-refractivity contribution is 7.15. The van der Waals surface area contributed by atoms with E-state index in [1.165, 1.54) is 11.3 Å². The highest BCUT2D eigenvalue weighted by atomic mass is 32.1. The molecule has 1 N–H and O–H groups in total. The SMILES string of the molecule is Cc1csc(CCCNC(=O)c2cn3ccsc3n2)n1. The minimum absolute atomic E-state index is 0.115. The number of hydrogen-bond donors (Lipinski definition) is 1. The van der Waals surface area contributed by atoms with Gasteiger partial charge >= 0.3 is 0 Å². The van der Waals surface area contributed by atoms with Crippen molar-refractivity contribution in [3.8, 4) is 0 Å². The summed E-state index contributed by atoms with van der Waals surface area (Å²) in [6.07, 6.45) is 5.44. The number of carbonyl (C=O) groups excluding carboxylic acids is 1. The molecule has 0 aliphatic carbocycles. The molecule has 3 aromatic heterocycles. The van der Waals surface area contributed by atoms with E-state index < -0.39 is 0 Å². The van der Waals surface area contributed by atoms with Gasteiger partial charge in [-0.3, -0.25) is 9.20 Å². The Morgan fingerprint density at radius 3 is 3.05 bits per heavy atom. The molecular weight excluding hydrogens is 292 g/mol. The van der Waals surface area contributed by atoms with Gasteiger partial charge < -0.3 is 5.32 Å². The quantitative estimate of drug-likeness (QED) is 0.737. The van der Waals surface area contributed by atoms with Crippen molar-refractivity contribution in [1.29, 1.82) is 0 Å². The largest absolute Gasteiger partial charge is 0.351 e. The first kappa shape index (κ1) is 13.3. The van der Waals surface area contributed by atoms with E-state index in [4.69, 9.17) is 0 Å². The summed E-state index contributed by atoms with van der Waals surface area (Å²) in [5, 5.41) is 8.01. The van der Waals surface area contributed by atoms with Gasteiger partial charge in [-0.05, 0) is 13.3 Å². The third-order valence-electron chi connectivity index (χ3n) is 2.85. The minimum Gasteiger partial charge on any atom is -0.351 e. The zero-order chi connectivity index (χ0) is 13.9. The van der Waals surface area contributed by atoms with Crippen LogP contribution in [-0.2, 0) is 6.42 Å². The molecule has 3 rings (SSSR count). The molecule has 0 atom stereocenters. The number of aromatic nitrogens is 3. The van der Waals surface area contributed by atoms with Gasteiger partial charge in [-0.15, -0.1) is 22.7 Å². The monoisotopic (exact) mass is 306 g/mol. The average molecular weight is 306 g/mol. The highest BCUT2D eigenvalue weighted by Crippen LogP contribution is 2.12. The number of thiazole rings is 2. The third kappa shape index (κ3) is 2.88. The number of aryl methyl sites for hydroxylation is 2. The van der Waals surface area contributed by atoms with E-state index in [0.717, 1.165) is 28.5 Å². The number of rotatable bonds is 5. The van der Waals surface area contributed by atoms with Gasteiger partial charge in [0.05, 0.1) is 5.01 Å². The molecule has 0 saturated heterocycles. The molecule has 3 aromatic rings. The number of carbonyl (C=O) groups is 1. The second-order valence-corrected chi connectivity index (χ2v) is 6.28. The lowest BCUT2D eigenvalue weighted by Crippen LogP contribution is -2.25. The van der Waals surface area contributed by atoms with Gasteiger partial charge in [0.25, 0.3) is 5.91 Å². The first-order valence-corrected chi connectivity index (χ1v) is 8.10. The molecule has 0 fully saturated rings. The summed E-state index contributed by atoms with van der Waals surface area (Å²) >= 11 is 3.19. The predicted molar refractivity (Wildman–Crippen MR) is 80.6 cm³/mol. The molecule has 5 nitrogen and oxygen atoms in total. The number of imidazole rings is 1. The van der Waals surface area contributed by atoms with Gasteiger partial charge in [0.2, 0.25) is 0 Å². The maximum atomic E-state index is 11.9. The topological polar surface area (TPSA) is 59.3 Å². The lowest BCUT2D eigenvalue weighted by atomic mass is 10.3. The summed E-state index contributed by atoms with van der Waals surface area (Å²) in [7, 11) is 0. The van der Waals surface area contributed by atoms with Crippen LogP contribution in [-0.4, -0.2) is 26.8 Å². The van der Waals surface area contributed by atoms with Gasteiger partial charge in [0, 0.05) is 41.8 Å². The minimum atomic E-state index is -0.115. The zero-order valence-corrected chi connectivity index (χ0v) is 12.6. The third-order valence-corrected chi connectivity index (χ3v) is 4.64. The normalized spacial score (nSPS) is 11.1. The van der Waals surface area contributed by atoms with E-state index in [0.29, 0.717) is 12.2 Å². The number of amides is 1. The molecule has 0 spiro atoms. The molecule has 0 aromatic carbocycles. The maximum absolute atomic E-state index is 11.9. The van der Waals surface area contributed by atoms with Crippen LogP contribution >= 0.6 is 22.7 Å². The lowest BCUT2D eigenvalue weighted by molar-refractivity contribution is 0.0949. The number of fused-ring (bicyclic) bond motifs is 1. The van der Waals surface area contributed by atoms with Gasteiger partial charge in [-0.25, -0.2) is 9.97 Å². The fraction of sp³-hybridized carbons (Fsp3) is 0.308. The summed E-state index contributed by atoms with van der Waals surface area (Å²) in [6, 6.07) is 0. The van der Waals surface area contributed by atoms with Crippen LogP contribution in [0.3, 0.4) is 0 Å². The maximum Gasteiger partial charge on any atom is 0.271 e. The van der Waals surface area contributed by atoms with Crippen LogP contribution < -0.4 is 5.32 Å². The molecule has 104 valence electrons. The Morgan fingerprint density at radius 1 is 1.40 bits per heavy atom. The molecule has 0 aliphatic rings. The van der Waals surface area contributed by atoms with Gasteiger partial charge in [0.1, 0.15) is 5.69 Å². The summed E-state index contributed by atoms with van der Waals surface area (Å²) in [4.78, 5) is 21.4. The lowest BCUT2D eigenvalue weighted by Gasteiger charge is -2.01. The van der Waals surface area contributed by atoms with E-state index in [9.17, 15) is 4.79 Å². The zero-order valence-electron chi connectivity index (χ0n) is 11.0. The van der Waals surface area contributed by atoms with Gasteiger partial charge in [-0.2, -0.15) is 0 Å². The molecule has 0 radical (unpaired) electrons. The summed E-state index contributed by atoms with van der Waals surface area (Å²) < 4.78 is 1.86. The fourth-order valence-corrected chi connectivity index (χ4v) is 3.40. The van der Waals surface area contributed by atoms with Crippen molar-refractivity contribution in [3.63, 3.8) is 0 Å². The predicted octanol–water partition coefficient (Wildman–Crippen LogP) is 2.52. The Bertz CT molecular complexity index is 699. The van der Waals surface area contributed by atoms with Crippen molar-refractivity contribution in [2.45, 2.75) is 19.8 Å². The van der Waals surface area contributed by atoms with Crippen molar-refractivity contribution in [2.24, 2.45) is 0 Å². The van der Waals surface area contributed by atoms with Crippen molar-refractivity contribution in [2.75, 3.05) is 6.54 Å². The number of nitrogens with one attached hydrogen (secondary N) is 1. The van der Waals surface area contributed by atoms with Crippen LogP contribution in [0.4, 0.5) is 0 Å². The van der Waals surface area contributed by atoms with E-state index >= 15 is 0 Å². The average Bonchev–Trinajstić information content (AvgIpc) is 3.09. The van der Waals surface area contributed by atoms with Crippen molar-refractivity contribution in [3.05, 3.63) is 39.5 Å². The molecule has 0 unspecified atom stereocenters. The number of hydrogen-bond acceptors (Lipinski definition) is 5. The van der Waals surface area contributed by atoms with Crippen molar-refractivity contribution >= 4 is 33.5 Å². The molecular formula is C13H14N4OS2. The van der Waals surface area contributed by atoms with E-state index in [-0.39, 0.29) is 5.91 Å². The second kappa shape index (κ2) is 5.72. The first-order valence-electron chi connectivity index (χ1n) is 6.34. The Balaban J connectivity index is 1.48. The van der Waals surface area contributed by atoms with E-state index in [2.05, 4.69) is 15.3 Å². The Kier molecular flexibility index (Phi) is 3.79. The molecule has 0 bridgehead atoms. The van der Waals surface area contributed by atoms with Crippen molar-refractivity contribution < 1.29 is 4.79 Å². The standard InChI is InChI=1S/C13H14N4OS2/c1-9-8-20-11(15-9)3-2-4-14-12(18)10-7-17-5-6-19-13(17)16-10/h5-8H,2-4H2,1H3,(H,14,18). The smallest absolute Gasteiger partial charge is 0.271 e. The summed E-state index contributed by atoms with van der Waals surface area (Å²) in [5.74, 6) is -0.115. The molecule has 7 heteroatoms. The molecule has 0 aliphatic heterocycles. The van der Waals surface area contributed by atoms with Crippen LogP contribution in [0.25, 0.3) is 4.96 Å². The van der Waals surface area contributed by atoms with E-state index in [1.807, 2.05) is 28.3 Å². The van der Waals surface area contributed by atoms with Crippen molar-refractivity contribution in [1.82, 2.24) is 19.7 Å². The Labute approximate surface area is 124 Å². The van der Waals surface area contributed by atoms with Crippen LogP contribution in [0.1, 0.15) is 27.6 Å².